The van der Waals surface area contributed by atoms with Gasteiger partial charge in [0.05, 0.1) is 11.3 Å². The number of hydrogen-bond donors (Lipinski definition) is 2. The lowest BCUT2D eigenvalue weighted by atomic mass is 10.2. The largest absolute Gasteiger partial charge is 0.331 e. The number of amides is 1. The number of para-hydroxylation sites is 1. The molecular formula is C15H11N3OS2. The van der Waals surface area contributed by atoms with Crippen LogP contribution in [-0.4, -0.2) is 11.0 Å². The van der Waals surface area contributed by atoms with E-state index in [2.05, 4.69) is 16.7 Å². The average molecular weight is 313 g/mol. The maximum Gasteiger partial charge on any atom is 0.250 e. The summed E-state index contributed by atoms with van der Waals surface area (Å²) in [6.07, 6.45) is 3.13. The SMILES string of the molecule is N#Cc1ccccc1NC(=S)NC(=O)C=Cc1cccs1. The van der Waals surface area contributed by atoms with Crippen LogP contribution in [0.1, 0.15) is 10.4 Å². The van der Waals surface area contributed by atoms with Gasteiger partial charge >= 0.3 is 0 Å². The molecule has 1 heterocycles. The summed E-state index contributed by atoms with van der Waals surface area (Å²) in [5, 5.41) is 16.4. The summed E-state index contributed by atoms with van der Waals surface area (Å²) < 4.78 is 0. The Kier molecular flexibility index (Phi) is 5.21. The van der Waals surface area contributed by atoms with Crippen LogP contribution in [0.15, 0.2) is 47.9 Å². The Hall–Kier alpha value is -2.49. The van der Waals surface area contributed by atoms with Crippen LogP contribution in [0.3, 0.4) is 0 Å². The number of carbonyl (C=O) groups excluding carboxylic acids is 1. The molecule has 2 N–H and O–H groups in total. The van der Waals surface area contributed by atoms with Gasteiger partial charge in [0.1, 0.15) is 6.07 Å². The Labute approximate surface area is 131 Å². The Morgan fingerprint density at radius 2 is 2.10 bits per heavy atom. The smallest absolute Gasteiger partial charge is 0.250 e. The second-order valence-electron chi connectivity index (χ2n) is 3.95. The van der Waals surface area contributed by atoms with Crippen molar-refractivity contribution in [1.29, 1.82) is 5.26 Å². The van der Waals surface area contributed by atoms with E-state index in [-0.39, 0.29) is 11.0 Å². The molecule has 4 nitrogen and oxygen atoms in total. The molecule has 1 aromatic carbocycles. The van der Waals surface area contributed by atoms with Crippen LogP contribution < -0.4 is 10.6 Å². The van der Waals surface area contributed by atoms with Gasteiger partial charge in [0.2, 0.25) is 5.91 Å². The number of carbonyl (C=O) groups is 1. The van der Waals surface area contributed by atoms with Crippen molar-refractivity contribution in [3.05, 3.63) is 58.3 Å². The monoisotopic (exact) mass is 313 g/mol. The lowest BCUT2D eigenvalue weighted by Gasteiger charge is -2.09. The second kappa shape index (κ2) is 7.33. The van der Waals surface area contributed by atoms with Crippen molar-refractivity contribution >= 4 is 46.3 Å². The van der Waals surface area contributed by atoms with Gasteiger partial charge in [-0.05, 0) is 41.9 Å². The van der Waals surface area contributed by atoms with E-state index < -0.39 is 0 Å². The summed E-state index contributed by atoms with van der Waals surface area (Å²) in [7, 11) is 0. The molecule has 0 saturated heterocycles. The minimum atomic E-state index is -0.324. The van der Waals surface area contributed by atoms with E-state index in [0.29, 0.717) is 11.3 Å². The van der Waals surface area contributed by atoms with Gasteiger partial charge in [-0.3, -0.25) is 10.1 Å². The summed E-state index contributed by atoms with van der Waals surface area (Å²) in [4.78, 5) is 12.7. The first-order valence-corrected chi connectivity index (χ1v) is 7.30. The van der Waals surface area contributed by atoms with E-state index in [1.54, 1.807) is 41.7 Å². The summed E-state index contributed by atoms with van der Waals surface area (Å²) in [5.74, 6) is -0.324. The van der Waals surface area contributed by atoms with Crippen molar-refractivity contribution in [2.75, 3.05) is 5.32 Å². The van der Waals surface area contributed by atoms with Crippen molar-refractivity contribution in [2.24, 2.45) is 0 Å². The zero-order valence-electron chi connectivity index (χ0n) is 10.9. The standard InChI is InChI=1S/C15H11N3OS2/c16-10-11-4-1-2-6-13(11)17-15(20)18-14(19)8-7-12-5-3-9-21-12/h1-9H,(H2,17,18,19,20). The van der Waals surface area contributed by atoms with E-state index in [1.165, 1.54) is 6.08 Å². The molecule has 0 aliphatic heterocycles. The molecule has 2 aromatic rings. The van der Waals surface area contributed by atoms with Gasteiger partial charge in [-0.2, -0.15) is 5.26 Å². The first-order valence-electron chi connectivity index (χ1n) is 6.02. The van der Waals surface area contributed by atoms with Crippen LogP contribution in [0, 0.1) is 11.3 Å². The summed E-state index contributed by atoms with van der Waals surface area (Å²) >= 11 is 6.59. The minimum absolute atomic E-state index is 0.151. The van der Waals surface area contributed by atoms with Crippen LogP contribution in [0.25, 0.3) is 6.08 Å². The number of rotatable bonds is 3. The van der Waals surface area contributed by atoms with Crippen molar-refractivity contribution < 1.29 is 4.79 Å². The predicted octanol–water partition coefficient (Wildman–Crippen LogP) is 3.15. The minimum Gasteiger partial charge on any atom is -0.331 e. The first-order chi connectivity index (χ1) is 10.2. The molecule has 0 spiro atoms. The molecular weight excluding hydrogens is 302 g/mol. The van der Waals surface area contributed by atoms with E-state index in [0.717, 1.165) is 4.88 Å². The molecule has 0 unspecified atom stereocenters. The fourth-order valence-corrected chi connectivity index (χ4v) is 2.37. The van der Waals surface area contributed by atoms with Gasteiger partial charge in [-0.25, -0.2) is 0 Å². The zero-order valence-corrected chi connectivity index (χ0v) is 12.5. The van der Waals surface area contributed by atoms with Crippen LogP contribution in [0.4, 0.5) is 5.69 Å². The topological polar surface area (TPSA) is 64.9 Å². The van der Waals surface area contributed by atoms with Crippen molar-refractivity contribution in [3.8, 4) is 6.07 Å². The number of thiocarbonyl (C=S) groups is 1. The molecule has 104 valence electrons. The highest BCUT2D eigenvalue weighted by Crippen LogP contribution is 2.13. The van der Waals surface area contributed by atoms with E-state index in [1.807, 2.05) is 17.5 Å². The fraction of sp³-hybridized carbons (Fsp3) is 0. The number of nitrogens with one attached hydrogen (secondary N) is 2. The van der Waals surface area contributed by atoms with E-state index >= 15 is 0 Å². The highest BCUT2D eigenvalue weighted by Gasteiger charge is 2.05. The van der Waals surface area contributed by atoms with Gasteiger partial charge in [0, 0.05) is 11.0 Å². The Balaban J connectivity index is 1.93. The number of thiophene rings is 1. The summed E-state index contributed by atoms with van der Waals surface area (Å²) in [5.41, 5.74) is 1.02. The third-order valence-corrected chi connectivity index (χ3v) is 3.52. The second-order valence-corrected chi connectivity index (χ2v) is 5.34. The molecule has 0 bridgehead atoms. The van der Waals surface area contributed by atoms with Gasteiger partial charge < -0.3 is 5.32 Å². The highest BCUT2D eigenvalue weighted by molar-refractivity contribution is 7.80. The summed E-state index contributed by atoms with van der Waals surface area (Å²) in [6.45, 7) is 0. The average Bonchev–Trinajstić information content (AvgIpc) is 2.99. The normalized spacial score (nSPS) is 10.0. The third-order valence-electron chi connectivity index (χ3n) is 2.47. The molecule has 0 atom stereocenters. The molecule has 0 radical (unpaired) electrons. The first kappa shape index (κ1) is 14.9. The molecule has 21 heavy (non-hydrogen) atoms. The third kappa shape index (κ3) is 4.53. The highest BCUT2D eigenvalue weighted by atomic mass is 32.1. The number of hydrogen-bond acceptors (Lipinski definition) is 4. The molecule has 0 saturated carbocycles. The molecule has 0 aliphatic rings. The molecule has 0 fully saturated rings. The maximum atomic E-state index is 11.7. The predicted molar refractivity (Wildman–Crippen MR) is 88.9 cm³/mol. The van der Waals surface area contributed by atoms with Gasteiger partial charge in [0.15, 0.2) is 5.11 Å². The molecule has 1 aromatic heterocycles. The van der Waals surface area contributed by atoms with Gasteiger partial charge in [-0.15, -0.1) is 11.3 Å². The Morgan fingerprint density at radius 1 is 1.29 bits per heavy atom. The number of nitriles is 1. The van der Waals surface area contributed by atoms with E-state index in [4.69, 9.17) is 17.5 Å². The van der Waals surface area contributed by atoms with Crippen LogP contribution in [0.5, 0.6) is 0 Å². The quantitative estimate of drug-likeness (QED) is 0.675. The summed E-state index contributed by atoms with van der Waals surface area (Å²) in [6, 6.07) is 12.8. The number of anilines is 1. The number of nitrogens with zero attached hydrogens (tertiary/aromatic N) is 1. The molecule has 2 rings (SSSR count). The van der Waals surface area contributed by atoms with Crippen molar-refractivity contribution in [1.82, 2.24) is 5.32 Å². The Morgan fingerprint density at radius 3 is 2.81 bits per heavy atom. The lowest BCUT2D eigenvalue weighted by molar-refractivity contribution is -0.115. The zero-order chi connectivity index (χ0) is 15.1. The molecule has 0 aliphatic carbocycles. The Bertz CT molecular complexity index is 715. The van der Waals surface area contributed by atoms with Crippen molar-refractivity contribution in [2.45, 2.75) is 0 Å². The lowest BCUT2D eigenvalue weighted by Crippen LogP contribution is -2.33. The van der Waals surface area contributed by atoms with Gasteiger partial charge in [-0.1, -0.05) is 18.2 Å². The van der Waals surface area contributed by atoms with Crippen molar-refractivity contribution in [3.63, 3.8) is 0 Å². The fourth-order valence-electron chi connectivity index (χ4n) is 1.54. The van der Waals surface area contributed by atoms with Crippen LogP contribution in [-0.2, 0) is 4.79 Å². The molecule has 1 amide bonds. The van der Waals surface area contributed by atoms with E-state index in [9.17, 15) is 4.79 Å². The molecule has 6 heteroatoms. The number of benzene rings is 1. The van der Waals surface area contributed by atoms with Crippen LogP contribution >= 0.6 is 23.6 Å². The maximum absolute atomic E-state index is 11.7. The van der Waals surface area contributed by atoms with Gasteiger partial charge in [0.25, 0.3) is 0 Å². The van der Waals surface area contributed by atoms with Crippen LogP contribution in [0.2, 0.25) is 0 Å².